The predicted molar refractivity (Wildman–Crippen MR) is 62.8 cm³/mol. The lowest BCUT2D eigenvalue weighted by Gasteiger charge is -2.01. The molecule has 5 heteroatoms. The van der Waals surface area contributed by atoms with E-state index in [1.54, 1.807) is 6.07 Å². The number of anilines is 1. The Kier molecular flexibility index (Phi) is 1.95. The topological polar surface area (TPSA) is 57.0 Å². The van der Waals surface area contributed by atoms with E-state index in [0.717, 1.165) is 16.6 Å². The minimum Gasteiger partial charge on any atom is -0.394 e. The van der Waals surface area contributed by atoms with Gasteiger partial charge in [0, 0.05) is 12.4 Å². The molecule has 4 nitrogen and oxygen atoms in total. The van der Waals surface area contributed by atoms with E-state index >= 15 is 0 Å². The highest BCUT2D eigenvalue weighted by atomic mass is 19.1. The molecule has 2 aromatic heterocycles. The average Bonchev–Trinajstić information content (AvgIpc) is 2.84. The molecular formula is C12H10FN3O. The van der Waals surface area contributed by atoms with Crippen LogP contribution in [0, 0.1) is 5.82 Å². The molecule has 3 aromatic rings. The molecule has 0 saturated heterocycles. The van der Waals surface area contributed by atoms with E-state index in [0.29, 0.717) is 11.4 Å². The first-order valence-corrected chi connectivity index (χ1v) is 5.12. The minimum absolute atomic E-state index is 0.268. The third-order valence-electron chi connectivity index (χ3n) is 2.84. The maximum atomic E-state index is 13.2. The number of hydrogen-bond donors (Lipinski definition) is 1. The highest BCUT2D eigenvalue weighted by molar-refractivity contribution is 5.87. The van der Waals surface area contributed by atoms with Crippen LogP contribution in [0.25, 0.3) is 22.4 Å². The highest BCUT2D eigenvalue weighted by Gasteiger charge is 2.14. The number of nitrogens with zero attached hydrogens (tertiary/aromatic N) is 2. The van der Waals surface area contributed by atoms with Gasteiger partial charge in [-0.05, 0) is 24.3 Å². The second kappa shape index (κ2) is 3.35. The summed E-state index contributed by atoms with van der Waals surface area (Å²) < 4.78 is 20.1. The van der Waals surface area contributed by atoms with Crippen LogP contribution in [-0.4, -0.2) is 9.72 Å². The zero-order valence-corrected chi connectivity index (χ0v) is 9.14. The summed E-state index contributed by atoms with van der Waals surface area (Å²) in [5.41, 5.74) is 7.78. The summed E-state index contributed by atoms with van der Waals surface area (Å²) >= 11 is 0. The number of nitrogens with two attached hydrogens (primary N) is 1. The molecule has 2 heterocycles. The van der Waals surface area contributed by atoms with Crippen molar-refractivity contribution in [3.05, 3.63) is 36.3 Å². The first kappa shape index (κ1) is 9.89. The fourth-order valence-electron chi connectivity index (χ4n) is 1.96. The van der Waals surface area contributed by atoms with E-state index in [2.05, 4.69) is 5.16 Å². The molecule has 0 saturated carbocycles. The summed E-state index contributed by atoms with van der Waals surface area (Å²) in [5, 5.41) is 4.57. The van der Waals surface area contributed by atoms with E-state index in [1.807, 2.05) is 17.7 Å². The van der Waals surface area contributed by atoms with Gasteiger partial charge in [0.1, 0.15) is 11.5 Å². The lowest BCUT2D eigenvalue weighted by molar-refractivity contribution is 0.430. The molecule has 0 atom stereocenters. The lowest BCUT2D eigenvalue weighted by Crippen LogP contribution is -1.93. The summed E-state index contributed by atoms with van der Waals surface area (Å²) in [7, 11) is 1.83. The van der Waals surface area contributed by atoms with Gasteiger partial charge in [0.15, 0.2) is 0 Å². The van der Waals surface area contributed by atoms with E-state index in [4.69, 9.17) is 10.3 Å². The van der Waals surface area contributed by atoms with Gasteiger partial charge in [0.2, 0.25) is 5.76 Å². The third kappa shape index (κ3) is 1.39. The molecule has 3 rings (SSSR count). The summed E-state index contributed by atoms with van der Waals surface area (Å²) in [6.07, 6.45) is 1.45. The van der Waals surface area contributed by atoms with Gasteiger partial charge in [-0.15, -0.1) is 0 Å². The molecule has 0 unspecified atom stereocenters. The van der Waals surface area contributed by atoms with Crippen molar-refractivity contribution in [3.63, 3.8) is 0 Å². The van der Waals surface area contributed by atoms with Crippen molar-refractivity contribution in [1.82, 2.24) is 9.72 Å². The lowest BCUT2D eigenvalue weighted by atomic mass is 10.2. The van der Waals surface area contributed by atoms with Crippen LogP contribution in [-0.2, 0) is 7.05 Å². The monoisotopic (exact) mass is 231 g/mol. The van der Waals surface area contributed by atoms with Crippen molar-refractivity contribution >= 4 is 16.6 Å². The maximum absolute atomic E-state index is 13.2. The standard InChI is InChI=1S/C12H10FN3O/c1-16-10-5-8(13)3-2-7(10)4-11(16)12-9(14)6-15-17-12/h2-6H,14H2,1H3. The molecule has 0 aliphatic rings. The van der Waals surface area contributed by atoms with Crippen LogP contribution in [0.5, 0.6) is 0 Å². The van der Waals surface area contributed by atoms with Crippen LogP contribution >= 0.6 is 0 Å². The van der Waals surface area contributed by atoms with Crippen LogP contribution in [0.1, 0.15) is 0 Å². The summed E-state index contributed by atoms with van der Waals surface area (Å²) in [5.74, 6) is 0.236. The number of hydrogen-bond acceptors (Lipinski definition) is 3. The average molecular weight is 231 g/mol. The number of aromatic nitrogens is 2. The Morgan fingerprint density at radius 2 is 2.18 bits per heavy atom. The molecule has 0 radical (unpaired) electrons. The van der Waals surface area contributed by atoms with Gasteiger partial charge < -0.3 is 14.8 Å². The zero-order chi connectivity index (χ0) is 12.0. The summed E-state index contributed by atoms with van der Waals surface area (Å²) in [6.45, 7) is 0. The van der Waals surface area contributed by atoms with Crippen LogP contribution in [0.4, 0.5) is 10.1 Å². The Bertz CT molecular complexity index is 699. The van der Waals surface area contributed by atoms with Crippen molar-refractivity contribution in [3.8, 4) is 11.5 Å². The number of aryl methyl sites for hydroxylation is 1. The quantitative estimate of drug-likeness (QED) is 0.700. The van der Waals surface area contributed by atoms with Crippen molar-refractivity contribution in [1.29, 1.82) is 0 Å². The fourth-order valence-corrected chi connectivity index (χ4v) is 1.96. The van der Waals surface area contributed by atoms with Gasteiger partial charge >= 0.3 is 0 Å². The number of benzene rings is 1. The molecule has 0 spiro atoms. The Labute approximate surface area is 96.4 Å². The predicted octanol–water partition coefficient (Wildman–Crippen LogP) is 2.55. The van der Waals surface area contributed by atoms with Gasteiger partial charge in [-0.3, -0.25) is 0 Å². The molecular weight excluding hydrogens is 221 g/mol. The largest absolute Gasteiger partial charge is 0.394 e. The molecule has 0 fully saturated rings. The normalized spacial score (nSPS) is 11.2. The highest BCUT2D eigenvalue weighted by Crippen LogP contribution is 2.30. The van der Waals surface area contributed by atoms with Gasteiger partial charge in [0.25, 0.3) is 0 Å². The Hall–Kier alpha value is -2.30. The van der Waals surface area contributed by atoms with Gasteiger partial charge in [0.05, 0.1) is 17.4 Å². The van der Waals surface area contributed by atoms with Gasteiger partial charge in [-0.25, -0.2) is 4.39 Å². The first-order valence-electron chi connectivity index (χ1n) is 5.12. The summed E-state index contributed by atoms with van der Waals surface area (Å²) in [4.78, 5) is 0. The smallest absolute Gasteiger partial charge is 0.206 e. The van der Waals surface area contributed by atoms with E-state index in [-0.39, 0.29) is 5.82 Å². The molecule has 0 bridgehead atoms. The zero-order valence-electron chi connectivity index (χ0n) is 9.14. The second-order valence-corrected chi connectivity index (χ2v) is 3.90. The van der Waals surface area contributed by atoms with E-state index in [1.165, 1.54) is 18.3 Å². The molecule has 17 heavy (non-hydrogen) atoms. The molecule has 0 aliphatic carbocycles. The molecule has 2 N–H and O–H groups in total. The van der Waals surface area contributed by atoms with E-state index in [9.17, 15) is 4.39 Å². The third-order valence-corrected chi connectivity index (χ3v) is 2.84. The van der Waals surface area contributed by atoms with Crippen molar-refractivity contribution < 1.29 is 8.91 Å². The Morgan fingerprint density at radius 3 is 2.88 bits per heavy atom. The molecule has 1 aromatic carbocycles. The van der Waals surface area contributed by atoms with Crippen LogP contribution < -0.4 is 5.73 Å². The van der Waals surface area contributed by atoms with Crippen LogP contribution in [0.15, 0.2) is 35.0 Å². The summed E-state index contributed by atoms with van der Waals surface area (Å²) in [6, 6.07) is 6.52. The Balaban J connectivity index is 2.32. The van der Waals surface area contributed by atoms with Crippen LogP contribution in [0.2, 0.25) is 0 Å². The van der Waals surface area contributed by atoms with Crippen molar-refractivity contribution in [2.45, 2.75) is 0 Å². The van der Waals surface area contributed by atoms with Gasteiger partial charge in [-0.1, -0.05) is 5.16 Å². The Morgan fingerprint density at radius 1 is 1.35 bits per heavy atom. The second-order valence-electron chi connectivity index (χ2n) is 3.90. The molecule has 0 amide bonds. The number of halogens is 1. The fraction of sp³-hybridized carbons (Fsp3) is 0.0833. The van der Waals surface area contributed by atoms with Crippen molar-refractivity contribution in [2.24, 2.45) is 7.05 Å². The SMILES string of the molecule is Cn1c(-c2oncc2N)cc2ccc(F)cc21. The van der Waals surface area contributed by atoms with Crippen molar-refractivity contribution in [2.75, 3.05) is 5.73 Å². The first-order chi connectivity index (χ1) is 8.16. The van der Waals surface area contributed by atoms with Gasteiger partial charge in [-0.2, -0.15) is 0 Å². The number of fused-ring (bicyclic) bond motifs is 1. The number of nitrogen functional groups attached to an aromatic ring is 1. The maximum Gasteiger partial charge on any atom is 0.206 e. The minimum atomic E-state index is -0.268. The molecule has 0 aliphatic heterocycles. The molecule has 86 valence electrons. The van der Waals surface area contributed by atoms with Crippen LogP contribution in [0.3, 0.4) is 0 Å². The van der Waals surface area contributed by atoms with E-state index < -0.39 is 0 Å². The number of rotatable bonds is 1.